The minimum absolute atomic E-state index is 0.0282. The Balaban J connectivity index is 1.89. The molecule has 0 bridgehead atoms. The van der Waals surface area contributed by atoms with Gasteiger partial charge in [-0.3, -0.25) is 4.57 Å². The monoisotopic (exact) mass is 516 g/mol. The molecule has 0 atom stereocenters. The molecule has 14 heteroatoms. The first-order valence-corrected chi connectivity index (χ1v) is 12.5. The zero-order valence-electron chi connectivity index (χ0n) is 19.7. The molecule has 3 rings (SSSR count). The highest BCUT2D eigenvalue weighted by Crippen LogP contribution is 2.50. The van der Waals surface area contributed by atoms with E-state index in [-0.39, 0.29) is 54.6 Å². The summed E-state index contributed by atoms with van der Waals surface area (Å²) in [6.45, 7) is 7.12. The number of hydrogen-bond acceptors (Lipinski definition) is 9. The lowest BCUT2D eigenvalue weighted by Gasteiger charge is -2.22. The molecular formula is C21H28F3N6O4P. The fourth-order valence-electron chi connectivity index (χ4n) is 3.34. The number of nitrogens with zero attached hydrogens (tertiary/aromatic N) is 4. The first-order chi connectivity index (χ1) is 16.3. The van der Waals surface area contributed by atoms with E-state index in [0.717, 1.165) is 12.1 Å². The Morgan fingerprint density at radius 1 is 1.00 bits per heavy atom. The molecule has 0 unspecified atom stereocenters. The third-order valence-electron chi connectivity index (χ3n) is 4.56. The first kappa shape index (κ1) is 26.9. The van der Waals surface area contributed by atoms with Crippen LogP contribution >= 0.6 is 7.60 Å². The predicted molar refractivity (Wildman–Crippen MR) is 125 cm³/mol. The van der Waals surface area contributed by atoms with Crippen LogP contribution in [0.2, 0.25) is 0 Å². The molecule has 0 radical (unpaired) electrons. The summed E-state index contributed by atoms with van der Waals surface area (Å²) in [6, 6.07) is 4.52. The molecule has 2 aromatic heterocycles. The number of nitrogen functional groups attached to an aromatic ring is 2. The van der Waals surface area contributed by atoms with Gasteiger partial charge in [-0.05, 0) is 39.8 Å². The number of aromatic nitrogens is 4. The summed E-state index contributed by atoms with van der Waals surface area (Å²) in [7, 11) is -3.51. The lowest BCUT2D eigenvalue weighted by molar-refractivity contribution is -0.137. The maximum atomic E-state index is 13.0. The summed E-state index contributed by atoms with van der Waals surface area (Å²) in [5, 5.41) is 0. The zero-order valence-corrected chi connectivity index (χ0v) is 20.6. The van der Waals surface area contributed by atoms with Crippen molar-refractivity contribution in [3.05, 3.63) is 29.8 Å². The van der Waals surface area contributed by atoms with Crippen LogP contribution in [-0.2, 0) is 31.1 Å². The molecule has 3 aromatic rings. The standard InChI is InChI=1S/C21H28F3N6O4P/c1-12(2)33-35(31,34-13(3)4)11-32-10-9-30-18(14-5-7-15(8-6-14)21(22,23)24)27-16-17(25)28-20(26)29-19(16)30/h5-8,12-13H,9-11H2,1-4H3,(H4,25,26,28,29). The van der Waals surface area contributed by atoms with Crippen molar-refractivity contribution < 1.29 is 31.5 Å². The minimum atomic E-state index is -4.47. The van der Waals surface area contributed by atoms with E-state index in [1.165, 1.54) is 12.1 Å². The van der Waals surface area contributed by atoms with Crippen LogP contribution in [0, 0.1) is 0 Å². The molecule has 0 saturated carbocycles. The molecule has 0 aliphatic heterocycles. The predicted octanol–water partition coefficient (Wildman–Crippen LogP) is 4.69. The second-order valence-electron chi connectivity index (χ2n) is 8.26. The quantitative estimate of drug-likeness (QED) is 0.290. The maximum absolute atomic E-state index is 13.0. The Morgan fingerprint density at radius 2 is 1.60 bits per heavy atom. The van der Waals surface area contributed by atoms with Gasteiger partial charge in [0.25, 0.3) is 0 Å². The number of benzene rings is 1. The summed E-state index contributed by atoms with van der Waals surface area (Å²) in [5.74, 6) is 0.237. The van der Waals surface area contributed by atoms with Crippen LogP contribution in [0.1, 0.15) is 33.3 Å². The highest BCUT2D eigenvalue weighted by atomic mass is 31.2. The number of halogens is 3. The number of hydrogen-bond donors (Lipinski definition) is 2. The molecular weight excluding hydrogens is 488 g/mol. The fourth-order valence-corrected chi connectivity index (χ4v) is 5.15. The van der Waals surface area contributed by atoms with Gasteiger partial charge in [0.2, 0.25) is 5.95 Å². The van der Waals surface area contributed by atoms with Gasteiger partial charge in [-0.15, -0.1) is 0 Å². The van der Waals surface area contributed by atoms with Crippen LogP contribution in [0.4, 0.5) is 24.9 Å². The molecule has 0 spiro atoms. The van der Waals surface area contributed by atoms with Gasteiger partial charge in [-0.25, -0.2) is 4.98 Å². The number of fused-ring (bicyclic) bond motifs is 1. The second kappa shape index (κ2) is 10.5. The average Bonchev–Trinajstić information content (AvgIpc) is 3.08. The van der Waals surface area contributed by atoms with E-state index in [1.807, 2.05) is 0 Å². The van der Waals surface area contributed by atoms with Crippen molar-refractivity contribution in [1.82, 2.24) is 19.5 Å². The Kier molecular flexibility index (Phi) is 8.05. The lowest BCUT2D eigenvalue weighted by atomic mass is 10.1. The number of anilines is 2. The second-order valence-corrected chi connectivity index (χ2v) is 10.2. The van der Waals surface area contributed by atoms with E-state index >= 15 is 0 Å². The van der Waals surface area contributed by atoms with Crippen LogP contribution in [0.15, 0.2) is 24.3 Å². The van der Waals surface area contributed by atoms with Crippen LogP contribution in [0.25, 0.3) is 22.6 Å². The van der Waals surface area contributed by atoms with Gasteiger partial charge in [0.15, 0.2) is 17.0 Å². The largest absolute Gasteiger partial charge is 0.416 e. The molecule has 192 valence electrons. The van der Waals surface area contributed by atoms with E-state index in [0.29, 0.717) is 11.4 Å². The average molecular weight is 516 g/mol. The topological polar surface area (TPSA) is 140 Å². The summed E-state index contributed by atoms with van der Waals surface area (Å²) < 4.78 is 70.1. The van der Waals surface area contributed by atoms with Gasteiger partial charge >= 0.3 is 13.8 Å². The molecule has 35 heavy (non-hydrogen) atoms. The highest BCUT2D eigenvalue weighted by molar-refractivity contribution is 7.53. The van der Waals surface area contributed by atoms with Crippen LogP contribution < -0.4 is 11.5 Å². The van der Waals surface area contributed by atoms with Crippen molar-refractivity contribution >= 4 is 30.5 Å². The van der Waals surface area contributed by atoms with Gasteiger partial charge in [0.05, 0.1) is 24.4 Å². The lowest BCUT2D eigenvalue weighted by Crippen LogP contribution is -2.14. The number of imidazole rings is 1. The smallest absolute Gasteiger partial charge is 0.382 e. The van der Waals surface area contributed by atoms with Crippen molar-refractivity contribution in [2.45, 2.75) is 52.6 Å². The normalized spacial score (nSPS) is 12.8. The summed E-state index contributed by atoms with van der Waals surface area (Å²) in [5.41, 5.74) is 11.8. The fraction of sp³-hybridized carbons (Fsp3) is 0.476. The molecule has 2 heterocycles. The van der Waals surface area contributed by atoms with Crippen LogP contribution in [-0.4, -0.2) is 44.7 Å². The van der Waals surface area contributed by atoms with Crippen LogP contribution in [0.5, 0.6) is 0 Å². The molecule has 0 aliphatic carbocycles. The molecule has 4 N–H and O–H groups in total. The molecule has 0 aliphatic rings. The Hall–Kier alpha value is -2.73. The molecule has 10 nitrogen and oxygen atoms in total. The minimum Gasteiger partial charge on any atom is -0.382 e. The Morgan fingerprint density at radius 3 is 2.14 bits per heavy atom. The van der Waals surface area contributed by atoms with Crippen molar-refractivity contribution in [2.75, 3.05) is 24.4 Å². The number of nitrogens with two attached hydrogens (primary N) is 2. The number of ether oxygens (including phenoxy) is 1. The van der Waals surface area contributed by atoms with Crippen LogP contribution in [0.3, 0.4) is 0 Å². The van der Waals surface area contributed by atoms with Gasteiger partial charge in [0.1, 0.15) is 12.2 Å². The van der Waals surface area contributed by atoms with Gasteiger partial charge in [-0.2, -0.15) is 23.1 Å². The third-order valence-corrected chi connectivity index (χ3v) is 6.55. The third kappa shape index (κ3) is 6.69. The Bertz CT molecular complexity index is 1200. The molecule has 0 fully saturated rings. The van der Waals surface area contributed by atoms with Gasteiger partial charge < -0.3 is 29.8 Å². The van der Waals surface area contributed by atoms with Crippen molar-refractivity contribution in [1.29, 1.82) is 0 Å². The van der Waals surface area contributed by atoms with E-state index in [4.69, 9.17) is 25.3 Å². The van der Waals surface area contributed by atoms with Crippen molar-refractivity contribution in [3.8, 4) is 11.4 Å². The Labute approximate surface area is 200 Å². The zero-order chi connectivity index (χ0) is 26.0. The van der Waals surface area contributed by atoms with Gasteiger partial charge in [0, 0.05) is 12.1 Å². The van der Waals surface area contributed by atoms with E-state index in [1.54, 1.807) is 32.3 Å². The highest BCUT2D eigenvalue weighted by Gasteiger charge is 2.31. The number of rotatable bonds is 10. The van der Waals surface area contributed by atoms with Crippen molar-refractivity contribution in [3.63, 3.8) is 0 Å². The van der Waals surface area contributed by atoms with Crippen molar-refractivity contribution in [2.24, 2.45) is 0 Å². The van der Waals surface area contributed by atoms with E-state index in [2.05, 4.69) is 15.0 Å². The molecule has 1 aromatic carbocycles. The summed E-state index contributed by atoms with van der Waals surface area (Å²) in [6.07, 6.45) is -5.43. The van der Waals surface area contributed by atoms with E-state index < -0.39 is 19.3 Å². The summed E-state index contributed by atoms with van der Waals surface area (Å²) >= 11 is 0. The molecule has 0 saturated heterocycles. The molecule has 0 amide bonds. The van der Waals surface area contributed by atoms with Gasteiger partial charge in [-0.1, -0.05) is 12.1 Å². The SMILES string of the molecule is CC(C)OP(=O)(COCCn1c(-c2ccc(C(F)(F)F)cc2)nc2c(N)nc(N)nc21)OC(C)C. The first-order valence-electron chi connectivity index (χ1n) is 10.8. The summed E-state index contributed by atoms with van der Waals surface area (Å²) in [4.78, 5) is 12.5. The number of alkyl halides is 3. The van der Waals surface area contributed by atoms with E-state index in [9.17, 15) is 17.7 Å². The maximum Gasteiger partial charge on any atom is 0.416 e.